The van der Waals surface area contributed by atoms with E-state index in [9.17, 15) is 0 Å². The summed E-state index contributed by atoms with van der Waals surface area (Å²) in [5.74, 6) is 0.685. The Kier molecular flexibility index (Phi) is 5.60. The van der Waals surface area contributed by atoms with Gasteiger partial charge in [-0.25, -0.2) is 0 Å². The molecule has 5 heteroatoms. The minimum Gasteiger partial charge on any atom is -0.381 e. The van der Waals surface area contributed by atoms with E-state index < -0.39 is 0 Å². The van der Waals surface area contributed by atoms with Gasteiger partial charge in [0.05, 0.1) is 6.20 Å². The van der Waals surface area contributed by atoms with Crippen LogP contribution in [0, 0.1) is 5.92 Å². The van der Waals surface area contributed by atoms with Crippen LogP contribution in [-0.2, 0) is 17.8 Å². The summed E-state index contributed by atoms with van der Waals surface area (Å²) >= 11 is 0. The molecule has 1 fully saturated rings. The highest BCUT2D eigenvalue weighted by Gasteiger charge is 2.15. The molecule has 3 heterocycles. The zero-order valence-electron chi connectivity index (χ0n) is 16.5. The predicted molar refractivity (Wildman–Crippen MR) is 110 cm³/mol. The molecule has 27 heavy (non-hydrogen) atoms. The van der Waals surface area contributed by atoms with E-state index in [0.29, 0.717) is 5.92 Å². The molecule has 1 aliphatic heterocycles. The molecule has 4 rings (SSSR count). The van der Waals surface area contributed by atoms with Gasteiger partial charge in [-0.1, -0.05) is 6.07 Å². The van der Waals surface area contributed by atoms with Crippen molar-refractivity contribution in [3.8, 4) is 11.1 Å². The van der Waals surface area contributed by atoms with Gasteiger partial charge in [0, 0.05) is 55.2 Å². The standard InChI is InChI=1S/C22H30N4O/c1-24(2)9-3-10-25-11-6-20-14-19(4-5-22(20)25)21-15-23-26(17-21)16-18-7-12-27-13-8-18/h4-6,11,14-15,17-18H,3,7-10,12-13,16H2,1-2H3. The molecule has 1 aliphatic rings. The first-order valence-electron chi connectivity index (χ1n) is 10.0. The first-order valence-corrected chi connectivity index (χ1v) is 10.0. The Labute approximate surface area is 161 Å². The molecule has 0 bridgehead atoms. The second-order valence-corrected chi connectivity index (χ2v) is 7.95. The Balaban J connectivity index is 1.46. The molecule has 0 spiro atoms. The van der Waals surface area contributed by atoms with E-state index in [0.717, 1.165) is 52.1 Å². The molecule has 5 nitrogen and oxygen atoms in total. The zero-order chi connectivity index (χ0) is 18.6. The number of ether oxygens (including phenoxy) is 1. The van der Waals surface area contributed by atoms with Gasteiger partial charge < -0.3 is 14.2 Å². The largest absolute Gasteiger partial charge is 0.381 e. The molecule has 0 unspecified atom stereocenters. The van der Waals surface area contributed by atoms with Crippen molar-refractivity contribution in [2.45, 2.75) is 32.4 Å². The third-order valence-electron chi connectivity index (χ3n) is 5.53. The Bertz CT molecular complexity index is 873. The van der Waals surface area contributed by atoms with Crippen LogP contribution in [0.5, 0.6) is 0 Å². The number of benzene rings is 1. The van der Waals surface area contributed by atoms with Gasteiger partial charge in [0.15, 0.2) is 0 Å². The lowest BCUT2D eigenvalue weighted by atomic mass is 10.0. The summed E-state index contributed by atoms with van der Waals surface area (Å²) in [7, 11) is 4.25. The third kappa shape index (κ3) is 4.42. The highest BCUT2D eigenvalue weighted by molar-refractivity contribution is 5.85. The fourth-order valence-corrected chi connectivity index (χ4v) is 3.94. The van der Waals surface area contributed by atoms with E-state index in [2.05, 4.69) is 70.0 Å². The number of aromatic nitrogens is 3. The van der Waals surface area contributed by atoms with Crippen molar-refractivity contribution in [2.75, 3.05) is 33.9 Å². The molecule has 0 radical (unpaired) electrons. The quantitative estimate of drug-likeness (QED) is 0.636. The second-order valence-electron chi connectivity index (χ2n) is 7.95. The van der Waals surface area contributed by atoms with Gasteiger partial charge in [-0.15, -0.1) is 0 Å². The van der Waals surface area contributed by atoms with Crippen molar-refractivity contribution in [1.82, 2.24) is 19.2 Å². The smallest absolute Gasteiger partial charge is 0.0568 e. The Hall–Kier alpha value is -2.11. The van der Waals surface area contributed by atoms with Gasteiger partial charge in [-0.05, 0) is 69.6 Å². The Morgan fingerprint density at radius 3 is 2.81 bits per heavy atom. The molecule has 144 valence electrons. The lowest BCUT2D eigenvalue weighted by Gasteiger charge is -2.21. The van der Waals surface area contributed by atoms with E-state index in [4.69, 9.17) is 4.74 Å². The second kappa shape index (κ2) is 8.28. The molecule has 2 aromatic heterocycles. The van der Waals surface area contributed by atoms with Crippen LogP contribution in [0.3, 0.4) is 0 Å². The maximum Gasteiger partial charge on any atom is 0.0568 e. The maximum absolute atomic E-state index is 5.46. The predicted octanol–water partition coefficient (Wildman–Crippen LogP) is 3.88. The normalized spacial score (nSPS) is 15.8. The van der Waals surface area contributed by atoms with E-state index in [1.54, 1.807) is 0 Å². The van der Waals surface area contributed by atoms with Crippen LogP contribution >= 0.6 is 0 Å². The maximum atomic E-state index is 5.46. The number of rotatable bonds is 7. The van der Waals surface area contributed by atoms with E-state index >= 15 is 0 Å². The molecular formula is C22H30N4O. The Morgan fingerprint density at radius 1 is 1.15 bits per heavy atom. The minimum absolute atomic E-state index is 0.685. The summed E-state index contributed by atoms with van der Waals surface area (Å²) in [4.78, 5) is 2.24. The van der Waals surface area contributed by atoms with Crippen molar-refractivity contribution in [1.29, 1.82) is 0 Å². The summed E-state index contributed by atoms with van der Waals surface area (Å²) < 4.78 is 9.91. The monoisotopic (exact) mass is 366 g/mol. The number of hydrogen-bond donors (Lipinski definition) is 0. The van der Waals surface area contributed by atoms with Crippen LogP contribution in [0.1, 0.15) is 19.3 Å². The molecule has 1 aromatic carbocycles. The molecular weight excluding hydrogens is 336 g/mol. The van der Waals surface area contributed by atoms with Gasteiger partial charge in [-0.2, -0.15) is 5.10 Å². The fourth-order valence-electron chi connectivity index (χ4n) is 3.94. The molecule has 1 saturated heterocycles. The van der Waals surface area contributed by atoms with Crippen LogP contribution in [-0.4, -0.2) is 53.1 Å². The van der Waals surface area contributed by atoms with Gasteiger partial charge in [-0.3, -0.25) is 4.68 Å². The van der Waals surface area contributed by atoms with E-state index in [-0.39, 0.29) is 0 Å². The zero-order valence-corrected chi connectivity index (χ0v) is 16.5. The van der Waals surface area contributed by atoms with Gasteiger partial charge in [0.1, 0.15) is 0 Å². The topological polar surface area (TPSA) is 35.2 Å². The summed E-state index contributed by atoms with van der Waals surface area (Å²) in [5.41, 5.74) is 3.75. The molecule has 0 saturated carbocycles. The van der Waals surface area contributed by atoms with Crippen molar-refractivity contribution < 1.29 is 4.74 Å². The molecule has 0 atom stereocenters. The minimum atomic E-state index is 0.685. The molecule has 0 amide bonds. The van der Waals surface area contributed by atoms with E-state index in [1.807, 2.05) is 6.20 Å². The highest BCUT2D eigenvalue weighted by Crippen LogP contribution is 2.26. The van der Waals surface area contributed by atoms with Crippen molar-refractivity contribution in [3.05, 3.63) is 42.9 Å². The Morgan fingerprint density at radius 2 is 2.00 bits per heavy atom. The highest BCUT2D eigenvalue weighted by atomic mass is 16.5. The van der Waals surface area contributed by atoms with Crippen molar-refractivity contribution in [3.63, 3.8) is 0 Å². The average Bonchev–Trinajstić information content (AvgIpc) is 3.29. The van der Waals surface area contributed by atoms with Gasteiger partial charge in [0.25, 0.3) is 0 Å². The van der Waals surface area contributed by atoms with Crippen molar-refractivity contribution >= 4 is 10.9 Å². The lowest BCUT2D eigenvalue weighted by Crippen LogP contribution is -2.20. The van der Waals surface area contributed by atoms with Crippen molar-refractivity contribution in [2.24, 2.45) is 5.92 Å². The summed E-state index contributed by atoms with van der Waals surface area (Å²) in [6.45, 7) is 4.95. The first kappa shape index (κ1) is 18.3. The average molecular weight is 367 g/mol. The summed E-state index contributed by atoms with van der Waals surface area (Å²) in [6.07, 6.45) is 9.83. The first-order chi connectivity index (χ1) is 13.2. The fraction of sp³-hybridized carbons (Fsp3) is 0.500. The van der Waals surface area contributed by atoms with Crippen LogP contribution in [0.2, 0.25) is 0 Å². The lowest BCUT2D eigenvalue weighted by molar-refractivity contribution is 0.0601. The molecule has 3 aromatic rings. The van der Waals surface area contributed by atoms with E-state index in [1.165, 1.54) is 22.0 Å². The van der Waals surface area contributed by atoms with Crippen LogP contribution < -0.4 is 0 Å². The number of nitrogens with zero attached hydrogens (tertiary/aromatic N) is 4. The molecule has 0 N–H and O–H groups in total. The third-order valence-corrected chi connectivity index (χ3v) is 5.53. The SMILES string of the molecule is CN(C)CCCn1ccc2cc(-c3cnn(CC4CCOCC4)c3)ccc21. The number of aryl methyl sites for hydroxylation is 1. The number of hydrogen-bond acceptors (Lipinski definition) is 3. The summed E-state index contributed by atoms with van der Waals surface area (Å²) in [6, 6.07) is 8.98. The van der Waals surface area contributed by atoms with Gasteiger partial charge >= 0.3 is 0 Å². The molecule has 0 aliphatic carbocycles. The van der Waals surface area contributed by atoms with Crippen LogP contribution in [0.25, 0.3) is 22.0 Å². The van der Waals surface area contributed by atoms with Crippen LogP contribution in [0.15, 0.2) is 42.9 Å². The summed E-state index contributed by atoms with van der Waals surface area (Å²) in [5, 5.41) is 5.90. The number of fused-ring (bicyclic) bond motifs is 1. The van der Waals surface area contributed by atoms with Gasteiger partial charge in [0.2, 0.25) is 0 Å². The van der Waals surface area contributed by atoms with Crippen LogP contribution in [0.4, 0.5) is 0 Å².